The number of hydrogen-bond acceptors (Lipinski definition) is 3. The third-order valence-corrected chi connectivity index (χ3v) is 5.34. The lowest BCUT2D eigenvalue weighted by atomic mass is 9.98. The van der Waals surface area contributed by atoms with E-state index in [1.807, 2.05) is 31.2 Å². The Labute approximate surface area is 153 Å². The van der Waals surface area contributed by atoms with Crippen molar-refractivity contribution in [2.45, 2.75) is 26.4 Å². The third kappa shape index (κ3) is 2.97. The fourth-order valence-corrected chi connectivity index (χ4v) is 3.97. The minimum Gasteiger partial charge on any atom is -0.465 e. The number of quaternary nitrogens is 1. The van der Waals surface area contributed by atoms with Gasteiger partial charge < -0.3 is 9.64 Å². The summed E-state index contributed by atoms with van der Waals surface area (Å²) in [4.78, 5) is 18.7. The number of nitrogens with one attached hydrogen (secondary N) is 1. The van der Waals surface area contributed by atoms with Crippen LogP contribution in [0.1, 0.15) is 32.7 Å². The number of ether oxygens (including phenoxy) is 1. The van der Waals surface area contributed by atoms with Crippen LogP contribution in [-0.2, 0) is 24.2 Å². The number of esters is 1. The van der Waals surface area contributed by atoms with Gasteiger partial charge in [-0.05, 0) is 24.1 Å². The fourth-order valence-electron chi connectivity index (χ4n) is 3.97. The molecule has 0 saturated carbocycles. The molecule has 0 radical (unpaired) electrons. The summed E-state index contributed by atoms with van der Waals surface area (Å²) in [6.07, 6.45) is 1.06. The Hall–Kier alpha value is -2.72. The molecule has 2 heterocycles. The van der Waals surface area contributed by atoms with Gasteiger partial charge in [0.25, 0.3) is 0 Å². The van der Waals surface area contributed by atoms with Crippen molar-refractivity contribution in [3.8, 4) is 0 Å². The van der Waals surface area contributed by atoms with E-state index in [9.17, 15) is 4.79 Å². The van der Waals surface area contributed by atoms with Gasteiger partial charge in [0.1, 0.15) is 18.8 Å². The van der Waals surface area contributed by atoms with E-state index >= 15 is 0 Å². The molecule has 1 N–H and O–H groups in total. The van der Waals surface area contributed by atoms with Gasteiger partial charge in [-0.15, -0.1) is 0 Å². The maximum atomic E-state index is 12.5. The zero-order valence-electron chi connectivity index (χ0n) is 15.2. The molecule has 0 bridgehead atoms. The number of fused-ring (bicyclic) bond motifs is 2. The molecule has 132 valence electrons. The van der Waals surface area contributed by atoms with Crippen LogP contribution in [-0.4, -0.2) is 24.6 Å². The first-order valence-electron chi connectivity index (χ1n) is 9.04. The molecule has 2 aromatic carbocycles. The zero-order valence-corrected chi connectivity index (χ0v) is 15.2. The minimum absolute atomic E-state index is 0.299. The Morgan fingerprint density at radius 2 is 1.85 bits per heavy atom. The molecule has 1 atom stereocenters. The molecular weight excluding hydrogens is 324 g/mol. The lowest BCUT2D eigenvalue weighted by molar-refractivity contribution is -0.929. The van der Waals surface area contributed by atoms with Crippen molar-refractivity contribution in [1.82, 2.24) is 4.98 Å². The van der Waals surface area contributed by atoms with E-state index in [1.165, 1.54) is 23.1 Å². The number of hydrogen-bond donors (Lipinski definition) is 1. The fraction of sp³-hybridized carbons (Fsp3) is 0.273. The molecule has 0 saturated heterocycles. The van der Waals surface area contributed by atoms with Gasteiger partial charge in [0.15, 0.2) is 0 Å². The van der Waals surface area contributed by atoms with Gasteiger partial charge in [0.2, 0.25) is 0 Å². The number of carbonyl (C=O) groups is 1. The number of aromatic nitrogens is 1. The molecule has 1 unspecified atom stereocenters. The second-order valence-electron chi connectivity index (χ2n) is 6.94. The number of carbonyl (C=O) groups excluding carboxylic acids is 1. The summed E-state index contributed by atoms with van der Waals surface area (Å²) in [6.45, 7) is 4.72. The average Bonchev–Trinajstić information content (AvgIpc) is 2.67. The quantitative estimate of drug-likeness (QED) is 0.740. The van der Waals surface area contributed by atoms with E-state index in [0.717, 1.165) is 48.2 Å². The number of pyridine rings is 1. The molecule has 4 nitrogen and oxygen atoms in total. The molecule has 1 aliphatic heterocycles. The van der Waals surface area contributed by atoms with Crippen LogP contribution < -0.4 is 4.90 Å². The van der Waals surface area contributed by atoms with Crippen molar-refractivity contribution < 1.29 is 14.4 Å². The molecule has 0 fully saturated rings. The van der Waals surface area contributed by atoms with Gasteiger partial charge in [-0.1, -0.05) is 42.5 Å². The van der Waals surface area contributed by atoms with Crippen molar-refractivity contribution >= 4 is 16.9 Å². The van der Waals surface area contributed by atoms with Crippen LogP contribution in [0.3, 0.4) is 0 Å². The van der Waals surface area contributed by atoms with Crippen LogP contribution in [0.15, 0.2) is 48.5 Å². The molecular formula is C22H23N2O2+. The Morgan fingerprint density at radius 1 is 1.12 bits per heavy atom. The van der Waals surface area contributed by atoms with Crippen molar-refractivity contribution in [2.24, 2.45) is 0 Å². The van der Waals surface area contributed by atoms with Gasteiger partial charge in [0, 0.05) is 17.4 Å². The monoisotopic (exact) mass is 347 g/mol. The van der Waals surface area contributed by atoms with E-state index in [2.05, 4.69) is 24.3 Å². The van der Waals surface area contributed by atoms with Crippen molar-refractivity contribution in [1.29, 1.82) is 0 Å². The maximum absolute atomic E-state index is 12.5. The van der Waals surface area contributed by atoms with Gasteiger partial charge >= 0.3 is 5.97 Å². The van der Waals surface area contributed by atoms with Crippen LogP contribution in [0.25, 0.3) is 10.9 Å². The molecule has 3 aromatic rings. The van der Waals surface area contributed by atoms with Gasteiger partial charge in [-0.2, -0.15) is 0 Å². The number of nitrogens with zero attached hydrogens (tertiary/aromatic N) is 1. The zero-order chi connectivity index (χ0) is 18.1. The van der Waals surface area contributed by atoms with Gasteiger partial charge in [0.05, 0.1) is 24.7 Å². The normalized spacial score (nSPS) is 16.3. The number of rotatable bonds is 3. The van der Waals surface area contributed by atoms with Crippen molar-refractivity contribution in [3.05, 3.63) is 76.5 Å². The molecule has 0 spiro atoms. The van der Waals surface area contributed by atoms with Gasteiger partial charge in [-0.3, -0.25) is 0 Å². The van der Waals surface area contributed by atoms with Crippen LogP contribution in [0.5, 0.6) is 0 Å². The first kappa shape index (κ1) is 16.7. The van der Waals surface area contributed by atoms with Gasteiger partial charge in [-0.25, -0.2) is 9.78 Å². The average molecular weight is 347 g/mol. The Balaban J connectivity index is 1.73. The molecule has 4 rings (SSSR count). The first-order chi connectivity index (χ1) is 12.7. The summed E-state index contributed by atoms with van der Waals surface area (Å²) in [6, 6.07) is 16.6. The Kier molecular flexibility index (Phi) is 4.43. The molecule has 26 heavy (non-hydrogen) atoms. The summed E-state index contributed by atoms with van der Waals surface area (Å²) in [7, 11) is 1.44. The van der Waals surface area contributed by atoms with E-state index in [1.54, 1.807) is 0 Å². The van der Waals surface area contributed by atoms with E-state index in [0.29, 0.717) is 5.56 Å². The number of aryl methyl sites for hydroxylation is 1. The van der Waals surface area contributed by atoms with Crippen LogP contribution in [0.4, 0.5) is 0 Å². The smallest absolute Gasteiger partial charge is 0.340 e. The predicted octanol–water partition coefficient (Wildman–Crippen LogP) is 2.47. The highest BCUT2D eigenvalue weighted by Crippen LogP contribution is 2.23. The summed E-state index contributed by atoms with van der Waals surface area (Å²) < 4.78 is 5.06. The highest BCUT2D eigenvalue weighted by atomic mass is 16.5. The SMILES string of the molecule is COC(=O)c1c(C[NH+]2CCc3ccccc3C2)nc2ccccc2c1C. The Morgan fingerprint density at radius 3 is 2.65 bits per heavy atom. The summed E-state index contributed by atoms with van der Waals surface area (Å²) in [5.41, 5.74) is 6.18. The maximum Gasteiger partial charge on any atom is 0.340 e. The van der Waals surface area contributed by atoms with E-state index in [-0.39, 0.29) is 5.97 Å². The second-order valence-corrected chi connectivity index (χ2v) is 6.94. The molecule has 1 aromatic heterocycles. The van der Waals surface area contributed by atoms with Crippen LogP contribution in [0.2, 0.25) is 0 Å². The molecule has 0 amide bonds. The second kappa shape index (κ2) is 6.89. The highest BCUT2D eigenvalue weighted by Gasteiger charge is 2.25. The van der Waals surface area contributed by atoms with Crippen LogP contribution >= 0.6 is 0 Å². The largest absolute Gasteiger partial charge is 0.465 e. The molecule has 1 aliphatic rings. The van der Waals surface area contributed by atoms with E-state index in [4.69, 9.17) is 9.72 Å². The molecule has 0 aliphatic carbocycles. The molecule has 4 heteroatoms. The highest BCUT2D eigenvalue weighted by molar-refractivity contribution is 5.98. The van der Waals surface area contributed by atoms with Crippen LogP contribution in [0, 0.1) is 6.92 Å². The Bertz CT molecular complexity index is 981. The predicted molar refractivity (Wildman–Crippen MR) is 101 cm³/mol. The lowest BCUT2D eigenvalue weighted by Gasteiger charge is -2.26. The van der Waals surface area contributed by atoms with E-state index < -0.39 is 0 Å². The minimum atomic E-state index is -0.299. The van der Waals surface area contributed by atoms with Crippen molar-refractivity contribution in [2.75, 3.05) is 13.7 Å². The number of methoxy groups -OCH3 is 1. The summed E-state index contributed by atoms with van der Waals surface area (Å²) in [5.74, 6) is -0.299. The lowest BCUT2D eigenvalue weighted by Crippen LogP contribution is -3.10. The third-order valence-electron chi connectivity index (χ3n) is 5.34. The summed E-state index contributed by atoms with van der Waals surface area (Å²) >= 11 is 0. The topological polar surface area (TPSA) is 43.6 Å². The standard InChI is InChI=1S/C22H22N2O2/c1-15-18-9-5-6-10-19(18)23-20(21(15)22(25)26-2)14-24-12-11-16-7-3-4-8-17(16)13-24/h3-10H,11-14H2,1-2H3/p+1. The number of para-hydroxylation sites is 1. The van der Waals surface area contributed by atoms with Crippen molar-refractivity contribution in [3.63, 3.8) is 0 Å². The summed E-state index contributed by atoms with van der Waals surface area (Å²) in [5, 5.41) is 1.01. The number of benzene rings is 2. The first-order valence-corrected chi connectivity index (χ1v) is 9.04.